The summed E-state index contributed by atoms with van der Waals surface area (Å²) in [6.45, 7) is 5.57. The highest BCUT2D eigenvalue weighted by Crippen LogP contribution is 2.36. The van der Waals surface area contributed by atoms with Gasteiger partial charge in [0.25, 0.3) is 0 Å². The Morgan fingerprint density at radius 2 is 2.22 bits per heavy atom. The van der Waals surface area contributed by atoms with E-state index in [1.807, 2.05) is 45.0 Å². The SMILES string of the molecule is C/C(=C/C#N)c1ccc2c(c1)C(C)(C)OC(=O)N2. The molecule has 0 saturated carbocycles. The van der Waals surface area contributed by atoms with Crippen LogP contribution in [0.2, 0.25) is 0 Å². The Kier molecular flexibility index (Phi) is 2.84. The van der Waals surface area contributed by atoms with Crippen molar-refractivity contribution in [3.8, 4) is 6.07 Å². The number of fused-ring (bicyclic) bond motifs is 1. The van der Waals surface area contributed by atoms with Crippen LogP contribution in [0.4, 0.5) is 10.5 Å². The summed E-state index contributed by atoms with van der Waals surface area (Å²) in [5.74, 6) is 0. The van der Waals surface area contributed by atoms with Gasteiger partial charge in [-0.1, -0.05) is 6.07 Å². The summed E-state index contributed by atoms with van der Waals surface area (Å²) in [5.41, 5.74) is 2.83. The van der Waals surface area contributed by atoms with Gasteiger partial charge in [0, 0.05) is 11.6 Å². The van der Waals surface area contributed by atoms with E-state index in [0.717, 1.165) is 22.4 Å². The van der Waals surface area contributed by atoms with Crippen LogP contribution in [-0.4, -0.2) is 6.09 Å². The maximum atomic E-state index is 11.4. The van der Waals surface area contributed by atoms with E-state index >= 15 is 0 Å². The first-order valence-corrected chi connectivity index (χ1v) is 5.65. The highest BCUT2D eigenvalue weighted by molar-refractivity contribution is 5.89. The van der Waals surface area contributed by atoms with Crippen molar-refractivity contribution in [1.82, 2.24) is 0 Å². The van der Waals surface area contributed by atoms with Gasteiger partial charge in [0.2, 0.25) is 0 Å². The fourth-order valence-corrected chi connectivity index (χ4v) is 2.00. The Morgan fingerprint density at radius 3 is 2.89 bits per heavy atom. The predicted octanol–water partition coefficient (Wildman–Crippen LogP) is 3.41. The number of carbonyl (C=O) groups is 1. The molecule has 18 heavy (non-hydrogen) atoms. The molecule has 0 unspecified atom stereocenters. The molecule has 4 nitrogen and oxygen atoms in total. The number of carbonyl (C=O) groups excluding carboxylic acids is 1. The molecule has 0 bridgehead atoms. The number of nitriles is 1. The number of hydrogen-bond donors (Lipinski definition) is 1. The minimum atomic E-state index is -0.666. The number of cyclic esters (lactones) is 1. The molecule has 0 atom stereocenters. The van der Waals surface area contributed by atoms with Gasteiger partial charge >= 0.3 is 6.09 Å². The highest BCUT2D eigenvalue weighted by Gasteiger charge is 2.33. The summed E-state index contributed by atoms with van der Waals surface area (Å²) in [5, 5.41) is 11.3. The zero-order chi connectivity index (χ0) is 13.3. The first-order chi connectivity index (χ1) is 8.44. The standard InChI is InChI=1S/C14H14N2O2/c1-9(6-7-15)10-4-5-12-11(8-10)14(2,3)18-13(17)16-12/h4-6,8H,1-3H3,(H,16,17)/b9-6-. The van der Waals surface area contributed by atoms with Crippen molar-refractivity contribution in [2.45, 2.75) is 26.4 Å². The fourth-order valence-electron chi connectivity index (χ4n) is 2.00. The maximum Gasteiger partial charge on any atom is 0.412 e. The number of hydrogen-bond acceptors (Lipinski definition) is 3. The van der Waals surface area contributed by atoms with Crippen molar-refractivity contribution in [2.24, 2.45) is 0 Å². The van der Waals surface area contributed by atoms with E-state index in [1.54, 1.807) is 0 Å². The lowest BCUT2D eigenvalue weighted by Gasteiger charge is -2.32. The molecule has 0 fully saturated rings. The topological polar surface area (TPSA) is 62.1 Å². The second-order valence-electron chi connectivity index (χ2n) is 4.74. The average Bonchev–Trinajstić information content (AvgIpc) is 2.27. The van der Waals surface area contributed by atoms with E-state index in [0.29, 0.717) is 0 Å². The van der Waals surface area contributed by atoms with Crippen molar-refractivity contribution in [3.63, 3.8) is 0 Å². The third-order valence-electron chi connectivity index (χ3n) is 2.99. The molecule has 2 rings (SSSR count). The normalized spacial score (nSPS) is 17.2. The zero-order valence-electron chi connectivity index (χ0n) is 10.6. The number of amides is 1. The van der Waals surface area contributed by atoms with Crippen LogP contribution in [0.1, 0.15) is 31.9 Å². The molecule has 0 aromatic heterocycles. The van der Waals surface area contributed by atoms with Gasteiger partial charge in [-0.15, -0.1) is 0 Å². The molecule has 0 aliphatic carbocycles. The quantitative estimate of drug-likeness (QED) is 0.767. The van der Waals surface area contributed by atoms with Crippen molar-refractivity contribution >= 4 is 17.4 Å². The zero-order valence-corrected chi connectivity index (χ0v) is 10.6. The molecule has 92 valence electrons. The van der Waals surface area contributed by atoms with Gasteiger partial charge in [-0.05, 0) is 44.0 Å². The first kappa shape index (κ1) is 12.2. The molecule has 0 radical (unpaired) electrons. The number of rotatable bonds is 1. The third-order valence-corrected chi connectivity index (χ3v) is 2.99. The molecule has 1 amide bonds. The average molecular weight is 242 g/mol. The van der Waals surface area contributed by atoms with E-state index in [2.05, 4.69) is 5.32 Å². The molecule has 0 spiro atoms. The van der Waals surface area contributed by atoms with Gasteiger partial charge in [0.05, 0.1) is 11.8 Å². The van der Waals surface area contributed by atoms with Crippen molar-refractivity contribution < 1.29 is 9.53 Å². The number of anilines is 1. The fraction of sp³-hybridized carbons (Fsp3) is 0.286. The minimum Gasteiger partial charge on any atom is -0.438 e. The van der Waals surface area contributed by atoms with Crippen LogP contribution >= 0.6 is 0 Å². The number of benzene rings is 1. The van der Waals surface area contributed by atoms with Crippen LogP contribution in [0.5, 0.6) is 0 Å². The Labute approximate surface area is 106 Å². The van der Waals surface area contributed by atoms with Crippen LogP contribution in [-0.2, 0) is 10.3 Å². The van der Waals surface area contributed by atoms with Crippen molar-refractivity contribution in [3.05, 3.63) is 35.4 Å². The Hall–Kier alpha value is -2.28. The van der Waals surface area contributed by atoms with E-state index in [4.69, 9.17) is 10.00 Å². The van der Waals surface area contributed by atoms with E-state index in [9.17, 15) is 4.79 Å². The lowest BCUT2D eigenvalue weighted by Crippen LogP contribution is -2.34. The van der Waals surface area contributed by atoms with Crippen LogP contribution in [0.15, 0.2) is 24.3 Å². The summed E-state index contributed by atoms with van der Waals surface area (Å²) in [6, 6.07) is 7.67. The largest absolute Gasteiger partial charge is 0.438 e. The van der Waals surface area contributed by atoms with Gasteiger partial charge < -0.3 is 4.74 Å². The number of nitrogens with one attached hydrogen (secondary N) is 1. The van der Waals surface area contributed by atoms with E-state index < -0.39 is 11.7 Å². The van der Waals surface area contributed by atoms with Crippen LogP contribution in [0, 0.1) is 11.3 Å². The molecule has 1 aromatic rings. The Balaban J connectivity index is 2.53. The summed E-state index contributed by atoms with van der Waals surface area (Å²) < 4.78 is 5.26. The molecule has 1 aliphatic rings. The van der Waals surface area contributed by atoms with Crippen molar-refractivity contribution in [1.29, 1.82) is 5.26 Å². The van der Waals surface area contributed by atoms with Gasteiger partial charge in [-0.2, -0.15) is 5.26 Å². The van der Waals surface area contributed by atoms with Gasteiger partial charge in [0.15, 0.2) is 0 Å². The Bertz CT molecular complexity index is 580. The van der Waals surface area contributed by atoms with E-state index in [-0.39, 0.29) is 0 Å². The molecule has 1 N–H and O–H groups in total. The smallest absolute Gasteiger partial charge is 0.412 e. The molecule has 1 aromatic carbocycles. The summed E-state index contributed by atoms with van der Waals surface area (Å²) >= 11 is 0. The summed E-state index contributed by atoms with van der Waals surface area (Å²) in [4.78, 5) is 11.4. The highest BCUT2D eigenvalue weighted by atomic mass is 16.6. The first-order valence-electron chi connectivity index (χ1n) is 5.65. The maximum absolute atomic E-state index is 11.4. The lowest BCUT2D eigenvalue weighted by atomic mass is 9.91. The van der Waals surface area contributed by atoms with Gasteiger partial charge in [-0.3, -0.25) is 5.32 Å². The van der Waals surface area contributed by atoms with Crippen LogP contribution in [0.3, 0.4) is 0 Å². The Morgan fingerprint density at radius 1 is 1.50 bits per heavy atom. The predicted molar refractivity (Wildman–Crippen MR) is 68.8 cm³/mol. The van der Waals surface area contributed by atoms with Gasteiger partial charge in [-0.25, -0.2) is 4.79 Å². The van der Waals surface area contributed by atoms with E-state index in [1.165, 1.54) is 6.08 Å². The molecule has 1 heterocycles. The number of allylic oxidation sites excluding steroid dienone is 2. The second-order valence-corrected chi connectivity index (χ2v) is 4.74. The lowest BCUT2D eigenvalue weighted by molar-refractivity contribution is 0.0420. The second kappa shape index (κ2) is 4.19. The number of ether oxygens (including phenoxy) is 1. The summed E-state index contributed by atoms with van der Waals surface area (Å²) in [7, 11) is 0. The van der Waals surface area contributed by atoms with Gasteiger partial charge in [0.1, 0.15) is 5.60 Å². The monoisotopic (exact) mass is 242 g/mol. The number of nitrogens with zero attached hydrogens (tertiary/aromatic N) is 1. The molecule has 4 heteroatoms. The minimum absolute atomic E-state index is 0.440. The van der Waals surface area contributed by atoms with Crippen LogP contribution in [0.25, 0.3) is 5.57 Å². The van der Waals surface area contributed by atoms with Crippen LogP contribution < -0.4 is 5.32 Å². The van der Waals surface area contributed by atoms with Crippen molar-refractivity contribution in [2.75, 3.05) is 5.32 Å². The molecule has 1 aliphatic heterocycles. The molecule has 0 saturated heterocycles. The molecular weight excluding hydrogens is 228 g/mol. The third kappa shape index (κ3) is 2.07. The molecular formula is C14H14N2O2. The summed E-state index contributed by atoms with van der Waals surface area (Å²) in [6.07, 6.45) is 1.06.